The predicted molar refractivity (Wildman–Crippen MR) is 81.9 cm³/mol. The molecule has 0 saturated carbocycles. The molecule has 0 aliphatic rings. The molecule has 21 heavy (non-hydrogen) atoms. The maximum absolute atomic E-state index is 13.0. The number of rotatable bonds is 4. The SMILES string of the molecule is NNC(Cc1ccc(F)cc1)c1cccc2cccnc12. The number of hydrazine groups is 1. The van der Waals surface area contributed by atoms with Crippen LogP contribution in [0.5, 0.6) is 0 Å². The number of nitrogens with two attached hydrogens (primary N) is 1. The molecule has 0 radical (unpaired) electrons. The van der Waals surface area contributed by atoms with Crippen molar-refractivity contribution in [3.63, 3.8) is 0 Å². The number of fused-ring (bicyclic) bond motifs is 1. The van der Waals surface area contributed by atoms with Crippen molar-refractivity contribution >= 4 is 10.9 Å². The quantitative estimate of drug-likeness (QED) is 0.570. The van der Waals surface area contributed by atoms with E-state index in [-0.39, 0.29) is 11.9 Å². The van der Waals surface area contributed by atoms with Crippen molar-refractivity contribution in [2.24, 2.45) is 5.84 Å². The standard InChI is InChI=1S/C17H16FN3/c18-14-8-6-12(7-9-14)11-16(21-19)15-5-1-3-13-4-2-10-20-17(13)15/h1-10,16,21H,11,19H2. The van der Waals surface area contributed by atoms with Crippen LogP contribution >= 0.6 is 0 Å². The van der Waals surface area contributed by atoms with Gasteiger partial charge < -0.3 is 0 Å². The van der Waals surface area contributed by atoms with Crippen molar-refractivity contribution in [3.8, 4) is 0 Å². The Bertz CT molecular complexity index is 735. The first-order chi connectivity index (χ1) is 10.3. The molecule has 1 heterocycles. The lowest BCUT2D eigenvalue weighted by molar-refractivity contribution is 0.553. The summed E-state index contributed by atoms with van der Waals surface area (Å²) >= 11 is 0. The number of halogens is 1. The number of nitrogens with one attached hydrogen (secondary N) is 1. The molecule has 0 aliphatic heterocycles. The van der Waals surface area contributed by atoms with Crippen LogP contribution in [0.25, 0.3) is 10.9 Å². The minimum atomic E-state index is -0.233. The van der Waals surface area contributed by atoms with E-state index in [1.807, 2.05) is 30.3 Å². The van der Waals surface area contributed by atoms with Crippen molar-refractivity contribution in [1.82, 2.24) is 10.4 Å². The van der Waals surface area contributed by atoms with Gasteiger partial charge in [-0.15, -0.1) is 0 Å². The topological polar surface area (TPSA) is 50.9 Å². The summed E-state index contributed by atoms with van der Waals surface area (Å²) in [5.74, 6) is 5.49. The summed E-state index contributed by atoms with van der Waals surface area (Å²) in [6.45, 7) is 0. The lowest BCUT2D eigenvalue weighted by atomic mass is 9.97. The summed E-state index contributed by atoms with van der Waals surface area (Å²) in [6, 6.07) is 16.4. The molecule has 3 rings (SSSR count). The van der Waals surface area contributed by atoms with Crippen LogP contribution in [0.3, 0.4) is 0 Å². The van der Waals surface area contributed by atoms with Gasteiger partial charge in [0, 0.05) is 11.6 Å². The third kappa shape index (κ3) is 2.91. The van der Waals surface area contributed by atoms with Crippen LogP contribution in [0.15, 0.2) is 60.8 Å². The van der Waals surface area contributed by atoms with E-state index in [0.29, 0.717) is 6.42 Å². The van der Waals surface area contributed by atoms with Gasteiger partial charge in [0.2, 0.25) is 0 Å². The Labute approximate surface area is 122 Å². The Morgan fingerprint density at radius 3 is 2.57 bits per heavy atom. The highest BCUT2D eigenvalue weighted by Crippen LogP contribution is 2.24. The van der Waals surface area contributed by atoms with Gasteiger partial charge >= 0.3 is 0 Å². The first kappa shape index (κ1) is 13.7. The fourth-order valence-electron chi connectivity index (χ4n) is 2.52. The molecular weight excluding hydrogens is 265 g/mol. The van der Waals surface area contributed by atoms with E-state index < -0.39 is 0 Å². The minimum absolute atomic E-state index is 0.0749. The van der Waals surface area contributed by atoms with Crippen LogP contribution < -0.4 is 11.3 Å². The minimum Gasteiger partial charge on any atom is -0.271 e. The molecule has 1 atom stereocenters. The van der Waals surface area contributed by atoms with Gasteiger partial charge in [0.05, 0.1) is 11.6 Å². The van der Waals surface area contributed by atoms with Gasteiger partial charge in [-0.3, -0.25) is 16.3 Å². The molecule has 3 N–H and O–H groups in total. The zero-order valence-corrected chi connectivity index (χ0v) is 11.5. The second kappa shape index (κ2) is 5.99. The maximum Gasteiger partial charge on any atom is 0.123 e. The van der Waals surface area contributed by atoms with Crippen LogP contribution in [0.2, 0.25) is 0 Å². The summed E-state index contributed by atoms with van der Waals surface area (Å²) < 4.78 is 13.0. The summed E-state index contributed by atoms with van der Waals surface area (Å²) in [6.07, 6.45) is 2.45. The van der Waals surface area contributed by atoms with E-state index in [4.69, 9.17) is 5.84 Å². The van der Waals surface area contributed by atoms with E-state index in [1.165, 1.54) is 12.1 Å². The Morgan fingerprint density at radius 2 is 1.81 bits per heavy atom. The average Bonchev–Trinajstić information content (AvgIpc) is 2.54. The number of hydrogen-bond donors (Lipinski definition) is 2. The molecule has 4 heteroatoms. The number of hydrogen-bond acceptors (Lipinski definition) is 3. The summed E-state index contributed by atoms with van der Waals surface area (Å²) in [7, 11) is 0. The highest BCUT2D eigenvalue weighted by molar-refractivity contribution is 5.82. The Balaban J connectivity index is 1.96. The second-order valence-corrected chi connectivity index (χ2v) is 4.97. The van der Waals surface area contributed by atoms with Crippen molar-refractivity contribution in [2.45, 2.75) is 12.5 Å². The van der Waals surface area contributed by atoms with E-state index >= 15 is 0 Å². The normalized spacial score (nSPS) is 12.5. The molecule has 0 amide bonds. The molecule has 0 fully saturated rings. The molecule has 106 valence electrons. The summed E-state index contributed by atoms with van der Waals surface area (Å²) in [4.78, 5) is 4.45. The molecule has 0 spiro atoms. The van der Waals surface area contributed by atoms with Gasteiger partial charge in [-0.1, -0.05) is 36.4 Å². The zero-order chi connectivity index (χ0) is 14.7. The van der Waals surface area contributed by atoms with Gasteiger partial charge in [-0.05, 0) is 35.7 Å². The number of pyridine rings is 1. The molecule has 3 nitrogen and oxygen atoms in total. The Hall–Kier alpha value is -2.30. The van der Waals surface area contributed by atoms with Crippen molar-refractivity contribution < 1.29 is 4.39 Å². The number of nitrogens with zero attached hydrogens (tertiary/aromatic N) is 1. The molecule has 1 aromatic heterocycles. The zero-order valence-electron chi connectivity index (χ0n) is 11.5. The van der Waals surface area contributed by atoms with Crippen molar-refractivity contribution in [1.29, 1.82) is 0 Å². The number of para-hydroxylation sites is 1. The van der Waals surface area contributed by atoms with Gasteiger partial charge in [-0.25, -0.2) is 4.39 Å². The largest absolute Gasteiger partial charge is 0.271 e. The first-order valence-electron chi connectivity index (χ1n) is 6.82. The summed E-state index contributed by atoms with van der Waals surface area (Å²) in [5, 5.41) is 1.08. The molecule has 0 aliphatic carbocycles. The van der Waals surface area contributed by atoms with Crippen LogP contribution in [-0.4, -0.2) is 4.98 Å². The van der Waals surface area contributed by atoms with Crippen molar-refractivity contribution in [2.75, 3.05) is 0 Å². The molecule has 0 saturated heterocycles. The van der Waals surface area contributed by atoms with Gasteiger partial charge in [-0.2, -0.15) is 0 Å². The van der Waals surface area contributed by atoms with Crippen LogP contribution in [0.4, 0.5) is 4.39 Å². The van der Waals surface area contributed by atoms with Crippen LogP contribution in [0.1, 0.15) is 17.2 Å². The third-order valence-electron chi connectivity index (χ3n) is 3.59. The first-order valence-corrected chi connectivity index (χ1v) is 6.82. The average molecular weight is 281 g/mol. The lowest BCUT2D eigenvalue weighted by Crippen LogP contribution is -2.29. The monoisotopic (exact) mass is 281 g/mol. The van der Waals surface area contributed by atoms with Gasteiger partial charge in [0.1, 0.15) is 5.82 Å². The lowest BCUT2D eigenvalue weighted by Gasteiger charge is -2.18. The highest BCUT2D eigenvalue weighted by atomic mass is 19.1. The van der Waals surface area contributed by atoms with E-state index in [2.05, 4.69) is 10.4 Å². The van der Waals surface area contributed by atoms with E-state index in [9.17, 15) is 4.39 Å². The van der Waals surface area contributed by atoms with Crippen LogP contribution in [-0.2, 0) is 6.42 Å². The second-order valence-electron chi connectivity index (χ2n) is 4.97. The fourth-order valence-corrected chi connectivity index (χ4v) is 2.52. The van der Waals surface area contributed by atoms with Crippen LogP contribution in [0, 0.1) is 5.82 Å². The fraction of sp³-hybridized carbons (Fsp3) is 0.118. The van der Waals surface area contributed by atoms with E-state index in [1.54, 1.807) is 18.3 Å². The molecule has 1 unspecified atom stereocenters. The maximum atomic E-state index is 13.0. The summed E-state index contributed by atoms with van der Waals surface area (Å²) in [5.41, 5.74) is 5.84. The molecular formula is C17H16FN3. The smallest absolute Gasteiger partial charge is 0.123 e. The highest BCUT2D eigenvalue weighted by Gasteiger charge is 2.14. The molecule has 3 aromatic rings. The van der Waals surface area contributed by atoms with Gasteiger partial charge in [0.25, 0.3) is 0 Å². The molecule has 2 aromatic carbocycles. The molecule has 0 bridgehead atoms. The van der Waals surface area contributed by atoms with Gasteiger partial charge in [0.15, 0.2) is 0 Å². The predicted octanol–water partition coefficient (Wildman–Crippen LogP) is 3.12. The number of benzene rings is 2. The Morgan fingerprint density at radius 1 is 1.05 bits per heavy atom. The number of aromatic nitrogens is 1. The Kier molecular flexibility index (Phi) is 3.90. The third-order valence-corrected chi connectivity index (χ3v) is 3.59. The van der Waals surface area contributed by atoms with Crippen molar-refractivity contribution in [3.05, 3.63) is 77.7 Å². The van der Waals surface area contributed by atoms with E-state index in [0.717, 1.165) is 22.0 Å².